The smallest absolute Gasteiger partial charge is 0.406 e. The standard InChI is InChI=1S/C21H20F3N7O3/c1-12-11-31-18(28-17(12)30-9-8-25-29-30)15(10-26-31)19(32)27-16(20(2,3)33)13-4-6-14(7-5-13)34-21(22,23)24/h4-11,16,33H,1-3H3,(H,27,32). The molecule has 1 unspecified atom stereocenters. The molecule has 4 aromatic rings. The van der Waals surface area contributed by atoms with Crippen molar-refractivity contribution in [1.82, 2.24) is 34.9 Å². The largest absolute Gasteiger partial charge is 0.573 e. The molecule has 34 heavy (non-hydrogen) atoms. The first kappa shape index (κ1) is 23.2. The maximum absolute atomic E-state index is 13.2. The average molecular weight is 475 g/mol. The van der Waals surface area contributed by atoms with Crippen LogP contribution in [-0.4, -0.2) is 52.6 Å². The molecule has 2 N–H and O–H groups in total. The zero-order valence-corrected chi connectivity index (χ0v) is 18.3. The number of hydrogen-bond donors (Lipinski definition) is 2. The van der Waals surface area contributed by atoms with Gasteiger partial charge in [0, 0.05) is 11.8 Å². The summed E-state index contributed by atoms with van der Waals surface area (Å²) >= 11 is 0. The Hall–Kier alpha value is -4.00. The summed E-state index contributed by atoms with van der Waals surface area (Å²) in [6, 6.07) is 3.93. The van der Waals surface area contributed by atoms with Crippen molar-refractivity contribution < 1.29 is 27.8 Å². The van der Waals surface area contributed by atoms with Crippen molar-refractivity contribution >= 4 is 11.6 Å². The molecule has 0 aliphatic rings. The maximum Gasteiger partial charge on any atom is 0.573 e. The molecule has 3 heterocycles. The number of hydrogen-bond acceptors (Lipinski definition) is 7. The van der Waals surface area contributed by atoms with Gasteiger partial charge in [0.05, 0.1) is 30.2 Å². The highest BCUT2D eigenvalue weighted by atomic mass is 19.4. The highest BCUT2D eigenvalue weighted by molar-refractivity contribution is 6.00. The molecule has 13 heteroatoms. The van der Waals surface area contributed by atoms with E-state index < -0.39 is 29.7 Å². The molecule has 0 spiro atoms. The normalized spacial score (nSPS) is 13.1. The fourth-order valence-electron chi connectivity index (χ4n) is 3.44. The fraction of sp³-hybridized carbons (Fsp3) is 0.286. The van der Waals surface area contributed by atoms with Gasteiger partial charge in [-0.15, -0.1) is 18.3 Å². The number of carbonyl (C=O) groups is 1. The second kappa shape index (κ2) is 8.41. The van der Waals surface area contributed by atoms with Crippen LogP contribution in [0.1, 0.15) is 41.4 Å². The number of aromatic nitrogens is 6. The molecule has 0 aliphatic carbocycles. The van der Waals surface area contributed by atoms with Crippen LogP contribution < -0.4 is 10.1 Å². The minimum atomic E-state index is -4.83. The maximum atomic E-state index is 13.2. The summed E-state index contributed by atoms with van der Waals surface area (Å²) in [6.07, 6.45) is 1.30. The highest BCUT2D eigenvalue weighted by Gasteiger charge is 2.33. The topological polar surface area (TPSA) is 119 Å². The van der Waals surface area contributed by atoms with Gasteiger partial charge in [0.15, 0.2) is 11.5 Å². The van der Waals surface area contributed by atoms with Gasteiger partial charge in [-0.3, -0.25) is 4.79 Å². The van der Waals surface area contributed by atoms with Gasteiger partial charge >= 0.3 is 6.36 Å². The predicted molar refractivity (Wildman–Crippen MR) is 112 cm³/mol. The lowest BCUT2D eigenvalue weighted by molar-refractivity contribution is -0.274. The summed E-state index contributed by atoms with van der Waals surface area (Å²) in [4.78, 5) is 17.7. The number of halogens is 3. The van der Waals surface area contributed by atoms with Crippen molar-refractivity contribution in [2.45, 2.75) is 38.8 Å². The number of carbonyl (C=O) groups excluding carboxylic acids is 1. The highest BCUT2D eigenvalue weighted by Crippen LogP contribution is 2.29. The molecule has 10 nitrogen and oxygen atoms in total. The Balaban J connectivity index is 1.64. The summed E-state index contributed by atoms with van der Waals surface area (Å²) in [7, 11) is 0. The van der Waals surface area contributed by atoms with Crippen LogP contribution in [0, 0.1) is 6.92 Å². The van der Waals surface area contributed by atoms with Gasteiger partial charge in [-0.2, -0.15) is 5.10 Å². The first-order valence-corrected chi connectivity index (χ1v) is 10.0. The Kier molecular flexibility index (Phi) is 5.73. The first-order valence-electron chi connectivity index (χ1n) is 10.0. The number of benzene rings is 1. The van der Waals surface area contributed by atoms with E-state index in [4.69, 9.17) is 0 Å². The Bertz CT molecular complexity index is 1310. The van der Waals surface area contributed by atoms with Crippen LogP contribution in [0.2, 0.25) is 0 Å². The van der Waals surface area contributed by atoms with Gasteiger partial charge in [0.1, 0.15) is 11.3 Å². The number of fused-ring (bicyclic) bond motifs is 1. The lowest BCUT2D eigenvalue weighted by Gasteiger charge is -2.30. The monoisotopic (exact) mass is 475 g/mol. The molecular formula is C21H20F3N7O3. The number of nitrogens with one attached hydrogen (secondary N) is 1. The predicted octanol–water partition coefficient (Wildman–Crippen LogP) is 2.76. The van der Waals surface area contributed by atoms with Gasteiger partial charge in [-0.05, 0) is 38.5 Å². The average Bonchev–Trinajstić information content (AvgIpc) is 3.39. The van der Waals surface area contributed by atoms with Crippen LogP contribution >= 0.6 is 0 Å². The number of alkyl halides is 3. The minimum absolute atomic E-state index is 0.132. The van der Waals surface area contributed by atoms with Gasteiger partial charge in [-0.25, -0.2) is 14.2 Å². The van der Waals surface area contributed by atoms with E-state index in [1.807, 2.05) is 0 Å². The molecule has 0 bridgehead atoms. The van der Waals surface area contributed by atoms with Gasteiger partial charge in [-0.1, -0.05) is 17.3 Å². The molecule has 0 aliphatic heterocycles. The molecule has 1 amide bonds. The second-order valence-electron chi connectivity index (χ2n) is 8.10. The molecule has 0 fully saturated rings. The third-order valence-electron chi connectivity index (χ3n) is 4.96. The Morgan fingerprint density at radius 2 is 1.91 bits per heavy atom. The first-order chi connectivity index (χ1) is 15.9. The number of nitrogens with zero attached hydrogens (tertiary/aromatic N) is 6. The summed E-state index contributed by atoms with van der Waals surface area (Å²) in [6.45, 7) is 4.75. The molecular weight excluding hydrogens is 455 g/mol. The third-order valence-corrected chi connectivity index (χ3v) is 4.96. The van der Waals surface area contributed by atoms with Crippen LogP contribution in [0.3, 0.4) is 0 Å². The molecule has 4 rings (SSSR count). The van der Waals surface area contributed by atoms with Crippen molar-refractivity contribution in [2.75, 3.05) is 0 Å². The van der Waals surface area contributed by atoms with Crippen LogP contribution in [0.4, 0.5) is 13.2 Å². The Labute approximate surface area is 191 Å². The van der Waals surface area contributed by atoms with Crippen molar-refractivity contribution in [3.63, 3.8) is 0 Å². The van der Waals surface area contributed by atoms with Crippen LogP contribution in [0.15, 0.2) is 49.1 Å². The molecule has 0 saturated heterocycles. The van der Waals surface area contributed by atoms with E-state index in [1.165, 1.54) is 47.6 Å². The quantitative estimate of drug-likeness (QED) is 0.440. The van der Waals surface area contributed by atoms with E-state index in [1.54, 1.807) is 19.3 Å². The fourth-order valence-corrected chi connectivity index (χ4v) is 3.44. The van der Waals surface area contributed by atoms with E-state index >= 15 is 0 Å². The molecule has 0 radical (unpaired) electrons. The van der Waals surface area contributed by atoms with Crippen molar-refractivity contribution in [1.29, 1.82) is 0 Å². The van der Waals surface area contributed by atoms with Crippen molar-refractivity contribution in [2.24, 2.45) is 0 Å². The van der Waals surface area contributed by atoms with Gasteiger partial charge in [0.2, 0.25) is 0 Å². The van der Waals surface area contributed by atoms with Crippen LogP contribution in [-0.2, 0) is 0 Å². The molecule has 1 atom stereocenters. The second-order valence-corrected chi connectivity index (χ2v) is 8.10. The number of ether oxygens (including phenoxy) is 1. The summed E-state index contributed by atoms with van der Waals surface area (Å²) in [5, 5.41) is 25.3. The Morgan fingerprint density at radius 3 is 2.50 bits per heavy atom. The van der Waals surface area contributed by atoms with Crippen molar-refractivity contribution in [3.8, 4) is 11.6 Å². The summed E-state index contributed by atoms with van der Waals surface area (Å²) in [5.74, 6) is -0.544. The van der Waals surface area contributed by atoms with Gasteiger partial charge < -0.3 is 15.2 Å². The van der Waals surface area contributed by atoms with Crippen LogP contribution in [0.25, 0.3) is 11.5 Å². The molecule has 0 saturated carbocycles. The van der Waals surface area contributed by atoms with Gasteiger partial charge in [0.25, 0.3) is 5.91 Å². The minimum Gasteiger partial charge on any atom is -0.406 e. The number of aryl methyl sites for hydroxylation is 1. The van der Waals surface area contributed by atoms with E-state index in [-0.39, 0.29) is 11.2 Å². The molecule has 1 aromatic carbocycles. The van der Waals surface area contributed by atoms with E-state index in [0.29, 0.717) is 11.4 Å². The molecule has 3 aromatic heterocycles. The number of amides is 1. The lowest BCUT2D eigenvalue weighted by atomic mass is 9.91. The van der Waals surface area contributed by atoms with Crippen LogP contribution in [0.5, 0.6) is 5.75 Å². The Morgan fingerprint density at radius 1 is 1.21 bits per heavy atom. The zero-order valence-electron chi connectivity index (χ0n) is 18.3. The van der Waals surface area contributed by atoms with E-state index in [0.717, 1.165) is 17.7 Å². The zero-order chi connectivity index (χ0) is 24.7. The SMILES string of the molecule is Cc1cn2ncc(C(=O)NC(c3ccc(OC(F)(F)F)cc3)C(C)(C)O)c2nc1-n1ccnn1. The lowest BCUT2D eigenvalue weighted by Crippen LogP contribution is -2.42. The number of rotatable bonds is 6. The number of aliphatic hydroxyl groups is 1. The third kappa shape index (κ3) is 4.83. The van der Waals surface area contributed by atoms with E-state index in [9.17, 15) is 23.1 Å². The summed E-state index contributed by atoms with van der Waals surface area (Å²) < 4.78 is 44.1. The van der Waals surface area contributed by atoms with Crippen molar-refractivity contribution in [3.05, 3.63) is 65.7 Å². The molecule has 178 valence electrons. The van der Waals surface area contributed by atoms with E-state index in [2.05, 4.69) is 30.4 Å². The summed E-state index contributed by atoms with van der Waals surface area (Å²) in [5.41, 5.74) is 0.0354.